The zero-order chi connectivity index (χ0) is 19.5. The van der Waals surface area contributed by atoms with E-state index in [2.05, 4.69) is 24.8 Å². The van der Waals surface area contributed by atoms with Crippen molar-refractivity contribution in [2.45, 2.75) is 38.8 Å². The van der Waals surface area contributed by atoms with Crippen LogP contribution in [0.2, 0.25) is 0 Å². The summed E-state index contributed by atoms with van der Waals surface area (Å²) in [4.78, 5) is 25.6. The average Bonchev–Trinajstić information content (AvgIpc) is 2.80. The molecule has 0 fully saturated rings. The zero-order valence-corrected chi connectivity index (χ0v) is 16.5. The molecule has 0 bridgehead atoms. The van der Waals surface area contributed by atoms with Crippen LogP contribution < -0.4 is 0 Å². The summed E-state index contributed by atoms with van der Waals surface area (Å²) in [7, 11) is 0. The van der Waals surface area contributed by atoms with Crippen molar-refractivity contribution >= 4 is 5.71 Å². The summed E-state index contributed by atoms with van der Waals surface area (Å²) >= 11 is 0. The highest BCUT2D eigenvalue weighted by molar-refractivity contribution is 5.97. The van der Waals surface area contributed by atoms with Crippen LogP contribution in [0.5, 0.6) is 0 Å². The minimum atomic E-state index is 0.768. The van der Waals surface area contributed by atoms with Gasteiger partial charge in [-0.3, -0.25) is 9.89 Å². The fourth-order valence-corrected chi connectivity index (χ4v) is 3.96. The van der Waals surface area contributed by atoms with E-state index in [1.54, 1.807) is 0 Å². The monoisotopic (exact) mass is 384 g/mol. The van der Waals surface area contributed by atoms with E-state index < -0.39 is 0 Å². The van der Waals surface area contributed by atoms with Crippen LogP contribution in [0.1, 0.15) is 41.9 Å². The number of hydrogen-bond acceptors (Lipinski definition) is 6. The first-order valence-corrected chi connectivity index (χ1v) is 10.3. The van der Waals surface area contributed by atoms with Crippen molar-refractivity contribution in [3.8, 4) is 11.4 Å². The summed E-state index contributed by atoms with van der Waals surface area (Å²) in [5.74, 6) is 1.60. The van der Waals surface area contributed by atoms with Crippen LogP contribution in [0.15, 0.2) is 53.9 Å². The van der Waals surface area contributed by atoms with E-state index in [-0.39, 0.29) is 0 Å². The smallest absolute Gasteiger partial charge is 0.173 e. The second kappa shape index (κ2) is 8.17. The third-order valence-electron chi connectivity index (χ3n) is 5.54. The number of benzene rings is 1. The van der Waals surface area contributed by atoms with E-state index in [1.807, 2.05) is 48.9 Å². The van der Waals surface area contributed by atoms with Crippen molar-refractivity contribution in [1.29, 1.82) is 0 Å². The molecule has 2 aromatic heterocycles. The summed E-state index contributed by atoms with van der Waals surface area (Å²) in [5.41, 5.74) is 5.65. The topological polar surface area (TPSA) is 67.2 Å². The maximum absolute atomic E-state index is 4.83. The van der Waals surface area contributed by atoms with Gasteiger partial charge >= 0.3 is 0 Å². The molecule has 0 amide bonds. The number of hydrogen-bond donors (Lipinski definition) is 0. The molecular weight excluding hydrogens is 360 g/mol. The van der Waals surface area contributed by atoms with Crippen LogP contribution in [-0.4, -0.2) is 43.6 Å². The number of fused-ring (bicyclic) bond motifs is 1. The molecule has 29 heavy (non-hydrogen) atoms. The maximum Gasteiger partial charge on any atom is 0.173 e. The van der Waals surface area contributed by atoms with Crippen LogP contribution in [0.25, 0.3) is 11.4 Å². The second-order valence-electron chi connectivity index (χ2n) is 7.69. The molecule has 0 N–H and O–H groups in total. The van der Waals surface area contributed by atoms with Gasteiger partial charge in [-0.2, -0.15) is 0 Å². The van der Waals surface area contributed by atoms with Crippen molar-refractivity contribution in [1.82, 2.24) is 24.8 Å². The molecule has 0 saturated carbocycles. The number of aromatic nitrogens is 4. The summed E-state index contributed by atoms with van der Waals surface area (Å²) in [6.45, 7) is 3.59. The van der Waals surface area contributed by atoms with E-state index in [4.69, 9.17) is 4.98 Å². The molecule has 2 aliphatic heterocycles. The molecule has 5 rings (SSSR count). The standard InChI is InChI=1S/C23H24N6/c1-2-6-18(7-3-1)22-25-12-17(13-26-22)15-29-11-9-20-19(16-29)14-27-23(28-20)21-8-4-5-10-24-21/h1-3,6-7,12-14H,4-5,8-11,15-16H2. The van der Waals surface area contributed by atoms with Gasteiger partial charge in [0.2, 0.25) is 0 Å². The Bertz CT molecular complexity index is 1010. The van der Waals surface area contributed by atoms with Crippen LogP contribution in [0, 0.1) is 0 Å². The highest BCUT2D eigenvalue weighted by atomic mass is 15.1. The maximum atomic E-state index is 4.83. The molecular formula is C23H24N6. The Morgan fingerprint density at radius 3 is 2.48 bits per heavy atom. The van der Waals surface area contributed by atoms with Gasteiger partial charge in [0.25, 0.3) is 0 Å². The third kappa shape index (κ3) is 4.07. The van der Waals surface area contributed by atoms with Crippen LogP contribution in [-0.2, 0) is 19.5 Å². The van der Waals surface area contributed by atoms with Crippen molar-refractivity contribution in [3.63, 3.8) is 0 Å². The summed E-state index contributed by atoms with van der Waals surface area (Å²) in [6, 6.07) is 10.1. The minimum Gasteiger partial charge on any atom is -0.294 e. The molecule has 2 aliphatic rings. The van der Waals surface area contributed by atoms with E-state index in [0.717, 1.165) is 67.5 Å². The van der Waals surface area contributed by atoms with Crippen molar-refractivity contribution in [2.75, 3.05) is 13.1 Å². The molecule has 146 valence electrons. The summed E-state index contributed by atoms with van der Waals surface area (Å²) in [6.07, 6.45) is 10.2. The first kappa shape index (κ1) is 18.1. The zero-order valence-electron chi connectivity index (χ0n) is 16.5. The molecule has 0 atom stereocenters. The number of rotatable bonds is 4. The summed E-state index contributed by atoms with van der Waals surface area (Å²) in [5, 5.41) is 0. The quantitative estimate of drug-likeness (QED) is 0.689. The molecule has 6 nitrogen and oxygen atoms in total. The van der Waals surface area contributed by atoms with Gasteiger partial charge in [-0.1, -0.05) is 30.3 Å². The normalized spacial score (nSPS) is 16.9. The Kier molecular flexibility index (Phi) is 5.09. The molecule has 3 aromatic rings. The Labute approximate surface area is 170 Å². The Hall–Kier alpha value is -2.99. The molecule has 0 unspecified atom stereocenters. The molecule has 1 aromatic carbocycles. The van der Waals surface area contributed by atoms with Crippen LogP contribution in [0.3, 0.4) is 0 Å². The van der Waals surface area contributed by atoms with Crippen molar-refractivity contribution < 1.29 is 0 Å². The lowest BCUT2D eigenvalue weighted by atomic mass is 10.1. The molecule has 0 spiro atoms. The lowest BCUT2D eigenvalue weighted by Crippen LogP contribution is -2.31. The fraction of sp³-hybridized carbons (Fsp3) is 0.348. The van der Waals surface area contributed by atoms with Gasteiger partial charge < -0.3 is 0 Å². The minimum absolute atomic E-state index is 0.768. The van der Waals surface area contributed by atoms with Crippen LogP contribution in [0.4, 0.5) is 0 Å². The highest BCUT2D eigenvalue weighted by Gasteiger charge is 2.20. The van der Waals surface area contributed by atoms with Crippen LogP contribution >= 0.6 is 0 Å². The Morgan fingerprint density at radius 2 is 1.69 bits per heavy atom. The molecule has 0 aliphatic carbocycles. The van der Waals surface area contributed by atoms with Gasteiger partial charge in [0.15, 0.2) is 11.6 Å². The molecule has 0 radical (unpaired) electrons. The predicted molar refractivity (Wildman–Crippen MR) is 113 cm³/mol. The van der Waals surface area contributed by atoms with Gasteiger partial charge in [0, 0.05) is 67.9 Å². The van der Waals surface area contributed by atoms with Crippen molar-refractivity contribution in [2.24, 2.45) is 4.99 Å². The fourth-order valence-electron chi connectivity index (χ4n) is 3.96. The van der Waals surface area contributed by atoms with E-state index in [1.165, 1.54) is 24.1 Å². The molecule has 4 heterocycles. The average molecular weight is 384 g/mol. The van der Waals surface area contributed by atoms with Gasteiger partial charge in [-0.25, -0.2) is 19.9 Å². The Morgan fingerprint density at radius 1 is 0.862 bits per heavy atom. The van der Waals surface area contributed by atoms with Gasteiger partial charge in [0.05, 0.1) is 11.4 Å². The first-order chi connectivity index (χ1) is 14.3. The Balaban J connectivity index is 1.26. The lowest BCUT2D eigenvalue weighted by Gasteiger charge is -2.28. The van der Waals surface area contributed by atoms with Crippen molar-refractivity contribution in [3.05, 3.63) is 71.6 Å². The number of nitrogens with zero attached hydrogens (tertiary/aromatic N) is 6. The third-order valence-corrected chi connectivity index (χ3v) is 5.54. The van der Waals surface area contributed by atoms with E-state index >= 15 is 0 Å². The first-order valence-electron chi connectivity index (χ1n) is 10.3. The largest absolute Gasteiger partial charge is 0.294 e. The van der Waals surface area contributed by atoms with Gasteiger partial charge in [-0.15, -0.1) is 0 Å². The number of aliphatic imine (C=N–C) groups is 1. The predicted octanol–water partition coefficient (Wildman–Crippen LogP) is 3.46. The van der Waals surface area contributed by atoms with E-state index in [0.29, 0.717) is 0 Å². The van der Waals surface area contributed by atoms with Gasteiger partial charge in [-0.05, 0) is 19.3 Å². The van der Waals surface area contributed by atoms with E-state index in [9.17, 15) is 0 Å². The summed E-state index contributed by atoms with van der Waals surface area (Å²) < 4.78 is 0. The highest BCUT2D eigenvalue weighted by Crippen LogP contribution is 2.20. The SMILES string of the molecule is c1ccc(-c2ncc(CN3CCc4nc(C5=NCCCC5)ncc4C3)cn2)cc1. The molecule has 0 saturated heterocycles. The second-order valence-corrected chi connectivity index (χ2v) is 7.69. The lowest BCUT2D eigenvalue weighted by molar-refractivity contribution is 0.242. The molecule has 6 heteroatoms. The van der Waals surface area contributed by atoms with Gasteiger partial charge in [0.1, 0.15) is 0 Å².